The topological polar surface area (TPSA) is 66.9 Å². The van der Waals surface area contributed by atoms with Gasteiger partial charge in [-0.05, 0) is 29.5 Å². The van der Waals surface area contributed by atoms with Crippen molar-refractivity contribution in [1.29, 1.82) is 0 Å². The summed E-state index contributed by atoms with van der Waals surface area (Å²) in [6.07, 6.45) is -0.0130. The van der Waals surface area contributed by atoms with Gasteiger partial charge in [-0.3, -0.25) is 9.59 Å². The van der Waals surface area contributed by atoms with Gasteiger partial charge >= 0.3 is 6.09 Å². The zero-order valence-electron chi connectivity index (χ0n) is 14.2. The number of hydrogen-bond donors (Lipinski definition) is 0. The minimum Gasteiger partial charge on any atom is -0.439 e. The minimum absolute atomic E-state index is 0.0385. The van der Waals surface area contributed by atoms with Crippen LogP contribution < -0.4 is 0 Å². The molecule has 0 aromatic heterocycles. The maximum Gasteiger partial charge on any atom is 0.417 e. The van der Waals surface area contributed by atoms with Gasteiger partial charge in [-0.25, -0.2) is 9.69 Å². The average molecular weight is 330 g/mol. The zero-order chi connectivity index (χ0) is 17.5. The summed E-state index contributed by atoms with van der Waals surface area (Å²) in [5.41, 5.74) is 1.83. The molecule has 2 aliphatic heterocycles. The van der Waals surface area contributed by atoms with Gasteiger partial charge in [-0.2, -0.15) is 0 Å². The van der Waals surface area contributed by atoms with E-state index in [0.29, 0.717) is 25.1 Å². The Morgan fingerprint density at radius 1 is 1.17 bits per heavy atom. The minimum atomic E-state index is -0.603. The largest absolute Gasteiger partial charge is 0.439 e. The summed E-state index contributed by atoms with van der Waals surface area (Å²) in [7, 11) is 0. The van der Waals surface area contributed by atoms with Crippen LogP contribution in [-0.2, 0) is 14.9 Å². The van der Waals surface area contributed by atoms with Crippen molar-refractivity contribution in [3.63, 3.8) is 0 Å². The van der Waals surface area contributed by atoms with Crippen molar-refractivity contribution in [3.8, 4) is 0 Å². The average Bonchev–Trinajstić information content (AvgIpc) is 3.13. The highest BCUT2D eigenvalue weighted by atomic mass is 16.6. The molecule has 0 aliphatic carbocycles. The molecule has 3 rings (SSSR count). The molecule has 3 amide bonds. The highest BCUT2D eigenvalue weighted by Gasteiger charge is 2.41. The van der Waals surface area contributed by atoms with Crippen molar-refractivity contribution < 1.29 is 19.1 Å². The van der Waals surface area contributed by atoms with E-state index in [1.165, 1.54) is 5.56 Å². The first-order valence-electron chi connectivity index (χ1n) is 8.16. The molecule has 24 heavy (non-hydrogen) atoms. The Morgan fingerprint density at radius 2 is 1.83 bits per heavy atom. The van der Waals surface area contributed by atoms with E-state index in [2.05, 4.69) is 20.8 Å². The second-order valence-electron chi connectivity index (χ2n) is 7.34. The van der Waals surface area contributed by atoms with Gasteiger partial charge in [0.05, 0.1) is 6.04 Å². The number of rotatable bonds is 2. The third-order valence-electron chi connectivity index (χ3n) is 4.60. The molecule has 2 aliphatic rings. The van der Waals surface area contributed by atoms with E-state index < -0.39 is 6.09 Å². The molecule has 2 fully saturated rings. The fourth-order valence-electron chi connectivity index (χ4n) is 3.15. The molecule has 0 radical (unpaired) electrons. The molecule has 0 unspecified atom stereocenters. The summed E-state index contributed by atoms with van der Waals surface area (Å²) in [5.74, 6) is -0.396. The van der Waals surface area contributed by atoms with Gasteiger partial charge in [0.25, 0.3) is 11.8 Å². The zero-order valence-corrected chi connectivity index (χ0v) is 14.2. The van der Waals surface area contributed by atoms with E-state index in [9.17, 15) is 14.4 Å². The van der Waals surface area contributed by atoms with Gasteiger partial charge < -0.3 is 9.64 Å². The molecule has 0 bridgehead atoms. The van der Waals surface area contributed by atoms with Crippen LogP contribution in [-0.4, -0.2) is 53.4 Å². The number of imide groups is 1. The lowest BCUT2D eigenvalue weighted by molar-refractivity contribution is -0.127. The monoisotopic (exact) mass is 330 g/mol. The number of hydrogen-bond acceptors (Lipinski definition) is 4. The summed E-state index contributed by atoms with van der Waals surface area (Å²) < 4.78 is 4.75. The Kier molecular flexibility index (Phi) is 4.07. The first-order chi connectivity index (χ1) is 11.3. The molecule has 0 saturated carbocycles. The van der Waals surface area contributed by atoms with Crippen LogP contribution in [0.2, 0.25) is 0 Å². The van der Waals surface area contributed by atoms with E-state index in [1.807, 2.05) is 24.3 Å². The summed E-state index contributed by atoms with van der Waals surface area (Å²) >= 11 is 0. The second kappa shape index (κ2) is 5.92. The Hall–Kier alpha value is -2.37. The molecular formula is C18H22N2O4. The molecule has 1 atom stereocenters. The Bertz CT molecular complexity index is 659. The van der Waals surface area contributed by atoms with Crippen molar-refractivity contribution in [3.05, 3.63) is 35.4 Å². The maximum absolute atomic E-state index is 12.6. The normalized spacial score (nSPS) is 21.4. The number of ether oxygens (including phenoxy) is 1. The molecule has 2 saturated heterocycles. The first-order valence-corrected chi connectivity index (χ1v) is 8.16. The molecule has 6 heteroatoms. The van der Waals surface area contributed by atoms with Crippen molar-refractivity contribution in [2.75, 3.05) is 19.7 Å². The molecule has 1 aromatic rings. The SMILES string of the molecule is CC(C)(C)c1ccc(C(=O)N2CC[C@H](N3C(=O)COC3=O)C2)cc1. The fourth-order valence-corrected chi connectivity index (χ4v) is 3.15. The highest BCUT2D eigenvalue weighted by molar-refractivity contribution is 5.98. The standard InChI is InChI=1S/C18H22N2O4/c1-18(2,3)13-6-4-12(5-7-13)16(22)19-9-8-14(10-19)20-15(21)11-24-17(20)23/h4-7,14H,8-11H2,1-3H3/t14-/m0/s1. The van der Waals surface area contributed by atoms with E-state index >= 15 is 0 Å². The Morgan fingerprint density at radius 3 is 2.38 bits per heavy atom. The molecule has 6 nitrogen and oxygen atoms in total. The maximum atomic E-state index is 12.6. The van der Waals surface area contributed by atoms with E-state index in [-0.39, 0.29) is 29.9 Å². The predicted octanol–water partition coefficient (Wildman–Crippen LogP) is 2.18. The number of carbonyl (C=O) groups excluding carboxylic acids is 3. The van der Waals surface area contributed by atoms with Gasteiger partial charge in [0.15, 0.2) is 6.61 Å². The quantitative estimate of drug-likeness (QED) is 0.833. The smallest absolute Gasteiger partial charge is 0.417 e. The van der Waals surface area contributed by atoms with E-state index in [4.69, 9.17) is 4.74 Å². The van der Waals surface area contributed by atoms with E-state index in [1.54, 1.807) is 4.90 Å². The third kappa shape index (κ3) is 3.00. The summed E-state index contributed by atoms with van der Waals surface area (Å²) in [4.78, 5) is 38.8. The third-order valence-corrected chi connectivity index (χ3v) is 4.60. The Labute approximate surface area is 141 Å². The predicted molar refractivity (Wildman–Crippen MR) is 87.6 cm³/mol. The molecule has 1 aromatic carbocycles. The van der Waals surface area contributed by atoms with Crippen LogP contribution in [0.1, 0.15) is 43.1 Å². The lowest BCUT2D eigenvalue weighted by Crippen LogP contribution is -2.42. The fraction of sp³-hybridized carbons (Fsp3) is 0.500. The number of carbonyl (C=O) groups is 3. The van der Waals surface area contributed by atoms with E-state index in [0.717, 1.165) is 4.90 Å². The van der Waals surface area contributed by atoms with Crippen molar-refractivity contribution in [2.45, 2.75) is 38.6 Å². The number of cyclic esters (lactones) is 1. The first kappa shape index (κ1) is 16.5. The lowest BCUT2D eigenvalue weighted by Gasteiger charge is -2.21. The van der Waals surface area contributed by atoms with Gasteiger partial charge in [0.2, 0.25) is 0 Å². The van der Waals surface area contributed by atoms with Gasteiger partial charge in [0, 0.05) is 18.7 Å². The molecule has 0 spiro atoms. The lowest BCUT2D eigenvalue weighted by atomic mass is 9.86. The molecule has 128 valence electrons. The van der Waals surface area contributed by atoms with Crippen molar-refractivity contribution in [2.24, 2.45) is 0 Å². The molecule has 2 heterocycles. The van der Waals surface area contributed by atoms with Crippen LogP contribution >= 0.6 is 0 Å². The van der Waals surface area contributed by atoms with Crippen LogP contribution in [0.3, 0.4) is 0 Å². The number of likely N-dealkylation sites (tertiary alicyclic amines) is 1. The van der Waals surface area contributed by atoms with Crippen LogP contribution in [0.25, 0.3) is 0 Å². The number of benzene rings is 1. The molecular weight excluding hydrogens is 308 g/mol. The van der Waals surface area contributed by atoms with Gasteiger partial charge in [-0.15, -0.1) is 0 Å². The summed E-state index contributed by atoms with van der Waals surface area (Å²) in [6.45, 7) is 7.07. The summed E-state index contributed by atoms with van der Waals surface area (Å²) in [6, 6.07) is 7.34. The molecule has 0 N–H and O–H groups in total. The van der Waals surface area contributed by atoms with Crippen LogP contribution in [0.15, 0.2) is 24.3 Å². The van der Waals surface area contributed by atoms with Crippen LogP contribution in [0.5, 0.6) is 0 Å². The Balaban J connectivity index is 1.68. The highest BCUT2D eigenvalue weighted by Crippen LogP contribution is 2.24. The van der Waals surface area contributed by atoms with Gasteiger partial charge in [-0.1, -0.05) is 32.9 Å². The number of amides is 3. The van der Waals surface area contributed by atoms with Crippen molar-refractivity contribution >= 4 is 17.9 Å². The van der Waals surface area contributed by atoms with Crippen LogP contribution in [0.4, 0.5) is 4.79 Å². The van der Waals surface area contributed by atoms with Crippen molar-refractivity contribution in [1.82, 2.24) is 9.80 Å². The van der Waals surface area contributed by atoms with Crippen LogP contribution in [0, 0.1) is 0 Å². The number of nitrogens with zero attached hydrogens (tertiary/aromatic N) is 2. The van der Waals surface area contributed by atoms with Gasteiger partial charge in [0.1, 0.15) is 0 Å². The second-order valence-corrected chi connectivity index (χ2v) is 7.34. The summed E-state index contributed by atoms with van der Waals surface area (Å²) in [5, 5.41) is 0.